The van der Waals surface area contributed by atoms with Gasteiger partial charge < -0.3 is 0 Å². The molecule has 0 spiro atoms. The Kier molecular flexibility index (Phi) is 10.6. The van der Waals surface area contributed by atoms with Crippen molar-refractivity contribution in [3.63, 3.8) is 0 Å². The summed E-state index contributed by atoms with van der Waals surface area (Å²) in [7, 11) is 0. The van der Waals surface area contributed by atoms with Gasteiger partial charge in [-0.1, -0.05) is 149 Å². The number of imide groups is 2. The van der Waals surface area contributed by atoms with Crippen molar-refractivity contribution < 1.29 is 19.2 Å². The zero-order valence-corrected chi connectivity index (χ0v) is 37.8. The highest BCUT2D eigenvalue weighted by atomic mass is 16.2. The Morgan fingerprint density at radius 3 is 1.24 bits per heavy atom. The normalized spacial score (nSPS) is 14.3. The number of aryl methyl sites for hydroxylation is 1. The fourth-order valence-corrected chi connectivity index (χ4v) is 10.7. The molecule has 7 aromatic carbocycles. The summed E-state index contributed by atoms with van der Waals surface area (Å²) in [5, 5.41) is 6.89. The first-order chi connectivity index (χ1) is 29.8. The fourth-order valence-electron chi connectivity index (χ4n) is 10.7. The number of para-hydroxylation sites is 2. The summed E-state index contributed by atoms with van der Waals surface area (Å²) < 4.78 is 0. The second-order valence-corrected chi connectivity index (χ2v) is 19.0. The molecule has 7 aromatic rings. The SMILES string of the molecule is CCCCCCCCc1cc2c3c(ccc4c5ccc6c7c(ccc(c1c34)c75)C(=O)N(c1c(C(C)C)cccc1C(C)C)C6=O)C(=O)N(c1c(C(C)C)cccc1C(C)C)C2=O. The molecule has 0 aromatic heterocycles. The molecule has 2 heterocycles. The number of carbonyl (C=O) groups is 4. The van der Waals surface area contributed by atoms with Crippen LogP contribution in [0.4, 0.5) is 11.4 Å². The van der Waals surface area contributed by atoms with Crippen LogP contribution in [-0.4, -0.2) is 23.6 Å². The van der Waals surface area contributed by atoms with Gasteiger partial charge in [0, 0.05) is 33.0 Å². The van der Waals surface area contributed by atoms with Crippen molar-refractivity contribution in [3.05, 3.63) is 129 Å². The summed E-state index contributed by atoms with van der Waals surface area (Å²) in [6.07, 6.45) is 7.51. The molecule has 62 heavy (non-hydrogen) atoms. The van der Waals surface area contributed by atoms with Crippen molar-refractivity contribution in [1.29, 1.82) is 0 Å². The standard InChI is InChI=1S/C56H58N2O4/c1-10-11-12-13-14-15-18-34-29-45-49-44(55(61)58(56(45)62)52-37(32(6)7)21-17-22-38(52)33(8)9)27-24-40-39-23-26-42-48-43(28-25-41(47(39)48)46(34)50(40)49)54(60)57(53(42)59)51-35(30(2)3)19-16-20-36(51)31(4)5/h16-17,19-33H,10-15,18H2,1-9H3. The highest BCUT2D eigenvalue weighted by Gasteiger charge is 2.41. The van der Waals surface area contributed by atoms with Gasteiger partial charge in [-0.3, -0.25) is 19.2 Å². The second-order valence-electron chi connectivity index (χ2n) is 19.0. The van der Waals surface area contributed by atoms with Gasteiger partial charge in [-0.2, -0.15) is 0 Å². The van der Waals surface area contributed by atoms with Gasteiger partial charge in [0.25, 0.3) is 23.6 Å². The lowest BCUT2D eigenvalue weighted by Crippen LogP contribution is -2.42. The van der Waals surface area contributed by atoms with E-state index in [1.54, 1.807) is 0 Å². The zero-order valence-electron chi connectivity index (χ0n) is 37.8. The molecular formula is C56H58N2O4. The lowest BCUT2D eigenvalue weighted by Gasteiger charge is -2.34. The van der Waals surface area contributed by atoms with Gasteiger partial charge in [-0.05, 0) is 121 Å². The summed E-state index contributed by atoms with van der Waals surface area (Å²) in [4.78, 5) is 63.1. The van der Waals surface area contributed by atoms with Crippen LogP contribution in [0, 0.1) is 0 Å². The van der Waals surface area contributed by atoms with Gasteiger partial charge in [0.15, 0.2) is 0 Å². The molecule has 6 heteroatoms. The molecule has 9 rings (SSSR count). The Bertz CT molecular complexity index is 2930. The number of unbranched alkanes of at least 4 members (excludes halogenated alkanes) is 5. The number of amides is 4. The molecule has 4 amide bonds. The largest absolute Gasteiger partial charge is 0.268 e. The monoisotopic (exact) mass is 822 g/mol. The maximum Gasteiger partial charge on any atom is 0.266 e. The van der Waals surface area contributed by atoms with E-state index in [1.807, 2.05) is 66.7 Å². The topological polar surface area (TPSA) is 74.8 Å². The van der Waals surface area contributed by atoms with Crippen LogP contribution in [0.2, 0.25) is 0 Å². The van der Waals surface area contributed by atoms with Crippen LogP contribution >= 0.6 is 0 Å². The molecule has 0 N–H and O–H groups in total. The number of fused-ring (bicyclic) bond motifs is 2. The van der Waals surface area contributed by atoms with E-state index >= 15 is 9.59 Å². The van der Waals surface area contributed by atoms with Crippen molar-refractivity contribution in [2.75, 3.05) is 9.80 Å². The van der Waals surface area contributed by atoms with Gasteiger partial charge in [0.05, 0.1) is 11.4 Å². The van der Waals surface area contributed by atoms with E-state index in [4.69, 9.17) is 0 Å². The summed E-state index contributed by atoms with van der Waals surface area (Å²) in [6.45, 7) is 19.1. The number of hydrogen-bond acceptors (Lipinski definition) is 4. The molecule has 316 valence electrons. The molecule has 0 saturated carbocycles. The van der Waals surface area contributed by atoms with Gasteiger partial charge >= 0.3 is 0 Å². The van der Waals surface area contributed by atoms with Crippen molar-refractivity contribution in [3.8, 4) is 0 Å². The van der Waals surface area contributed by atoms with Gasteiger partial charge in [0.1, 0.15) is 0 Å². The van der Waals surface area contributed by atoms with Gasteiger partial charge in [-0.25, -0.2) is 9.80 Å². The van der Waals surface area contributed by atoms with E-state index in [2.05, 4.69) is 74.4 Å². The summed E-state index contributed by atoms with van der Waals surface area (Å²) in [5.41, 5.74) is 8.41. The summed E-state index contributed by atoms with van der Waals surface area (Å²) >= 11 is 0. The molecule has 0 fully saturated rings. The van der Waals surface area contributed by atoms with Crippen LogP contribution < -0.4 is 9.80 Å². The van der Waals surface area contributed by atoms with E-state index in [0.717, 1.165) is 85.8 Å². The lowest BCUT2D eigenvalue weighted by atomic mass is 9.79. The highest BCUT2D eigenvalue weighted by molar-refractivity contribution is 6.45. The second kappa shape index (κ2) is 15.8. The predicted molar refractivity (Wildman–Crippen MR) is 256 cm³/mol. The number of carbonyl (C=O) groups excluding carboxylic acids is 4. The number of anilines is 2. The molecule has 0 unspecified atom stereocenters. The molecule has 0 radical (unpaired) electrons. The number of benzene rings is 7. The highest BCUT2D eigenvalue weighted by Crippen LogP contribution is 2.50. The number of nitrogens with zero attached hydrogens (tertiary/aromatic N) is 2. The molecule has 6 nitrogen and oxygen atoms in total. The minimum absolute atomic E-state index is 0.0935. The predicted octanol–water partition coefficient (Wildman–Crippen LogP) is 14.7. The first-order valence-corrected chi connectivity index (χ1v) is 23.0. The van der Waals surface area contributed by atoms with Crippen LogP contribution in [0.15, 0.2) is 78.9 Å². The molecule has 0 atom stereocenters. The van der Waals surface area contributed by atoms with E-state index in [1.165, 1.54) is 29.1 Å². The van der Waals surface area contributed by atoms with Crippen LogP contribution in [0.1, 0.15) is 194 Å². The van der Waals surface area contributed by atoms with Crippen LogP contribution in [0.3, 0.4) is 0 Å². The maximum absolute atomic E-state index is 15.2. The zero-order chi connectivity index (χ0) is 43.9. The molecule has 2 aliphatic rings. The Morgan fingerprint density at radius 1 is 0.403 bits per heavy atom. The Hall–Kier alpha value is -5.88. The van der Waals surface area contributed by atoms with Crippen LogP contribution in [0.5, 0.6) is 0 Å². The van der Waals surface area contributed by atoms with E-state index < -0.39 is 0 Å². The molecule has 0 bridgehead atoms. The average molecular weight is 823 g/mol. The smallest absolute Gasteiger partial charge is 0.266 e. The van der Waals surface area contributed by atoms with Crippen molar-refractivity contribution in [1.82, 2.24) is 0 Å². The lowest BCUT2D eigenvalue weighted by molar-refractivity contribution is 0.0877. The third kappa shape index (κ3) is 6.19. The average Bonchev–Trinajstić information content (AvgIpc) is 3.25. The maximum atomic E-state index is 15.2. The Morgan fingerprint density at radius 2 is 0.790 bits per heavy atom. The number of hydrogen-bond donors (Lipinski definition) is 0. The minimum atomic E-state index is -0.316. The molecule has 0 saturated heterocycles. The third-order valence-corrected chi connectivity index (χ3v) is 13.8. The molecule has 0 aliphatic carbocycles. The Labute approximate surface area is 365 Å². The van der Waals surface area contributed by atoms with Gasteiger partial charge in [-0.15, -0.1) is 0 Å². The van der Waals surface area contributed by atoms with E-state index in [-0.39, 0.29) is 47.3 Å². The van der Waals surface area contributed by atoms with E-state index in [0.29, 0.717) is 44.4 Å². The first-order valence-electron chi connectivity index (χ1n) is 23.0. The molecular weight excluding hydrogens is 765 g/mol. The van der Waals surface area contributed by atoms with Crippen molar-refractivity contribution >= 4 is 78.1 Å². The quantitative estimate of drug-likeness (QED) is 0.0502. The molecule has 2 aliphatic heterocycles. The fraction of sp³-hybridized carbons (Fsp3) is 0.357. The van der Waals surface area contributed by atoms with Crippen molar-refractivity contribution in [2.45, 2.75) is 131 Å². The van der Waals surface area contributed by atoms with E-state index in [9.17, 15) is 9.59 Å². The Balaban J connectivity index is 1.31. The summed E-state index contributed by atoms with van der Waals surface area (Å²) in [6, 6.07) is 26.1. The van der Waals surface area contributed by atoms with Crippen LogP contribution in [0.25, 0.3) is 43.1 Å². The minimum Gasteiger partial charge on any atom is -0.268 e. The first kappa shape index (κ1) is 41.5. The summed E-state index contributed by atoms with van der Waals surface area (Å²) in [5.74, 6) is -0.859. The van der Waals surface area contributed by atoms with Gasteiger partial charge in [0.2, 0.25) is 0 Å². The number of rotatable bonds is 13. The van der Waals surface area contributed by atoms with Crippen molar-refractivity contribution in [2.24, 2.45) is 0 Å². The van der Waals surface area contributed by atoms with Crippen LogP contribution in [-0.2, 0) is 6.42 Å². The third-order valence-electron chi connectivity index (χ3n) is 13.8.